The SMILES string of the molecule is CCCCCCCCCCCCN(CCCCCCCCCCCC)Cc1cn[nH]n1. The molecule has 0 aromatic carbocycles. The summed E-state index contributed by atoms with van der Waals surface area (Å²) in [6, 6.07) is 0. The first kappa shape index (κ1) is 28.1. The number of unbranched alkanes of at least 4 members (excludes halogenated alkanes) is 18. The summed E-state index contributed by atoms with van der Waals surface area (Å²) in [7, 11) is 0. The molecule has 0 unspecified atom stereocenters. The molecule has 1 aromatic heterocycles. The van der Waals surface area contributed by atoms with E-state index in [1.54, 1.807) is 0 Å². The van der Waals surface area contributed by atoms with Crippen molar-refractivity contribution in [3.05, 3.63) is 11.9 Å². The zero-order valence-electron chi connectivity index (χ0n) is 21.2. The van der Waals surface area contributed by atoms with E-state index in [1.807, 2.05) is 6.20 Å². The quantitative estimate of drug-likeness (QED) is 0.166. The van der Waals surface area contributed by atoms with Crippen LogP contribution < -0.4 is 0 Å². The predicted octanol–water partition coefficient (Wildman–Crippen LogP) is 8.45. The van der Waals surface area contributed by atoms with E-state index in [2.05, 4.69) is 34.2 Å². The van der Waals surface area contributed by atoms with E-state index in [4.69, 9.17) is 0 Å². The van der Waals surface area contributed by atoms with Crippen LogP contribution in [0.4, 0.5) is 0 Å². The van der Waals surface area contributed by atoms with Gasteiger partial charge in [-0.05, 0) is 25.9 Å². The van der Waals surface area contributed by atoms with Crippen molar-refractivity contribution >= 4 is 0 Å². The van der Waals surface area contributed by atoms with Crippen LogP contribution in [0.1, 0.15) is 148 Å². The average Bonchev–Trinajstić information content (AvgIpc) is 3.29. The molecule has 0 radical (unpaired) electrons. The lowest BCUT2D eigenvalue weighted by Crippen LogP contribution is -2.26. The van der Waals surface area contributed by atoms with E-state index < -0.39 is 0 Å². The summed E-state index contributed by atoms with van der Waals surface area (Å²) in [5.74, 6) is 0. The monoisotopic (exact) mass is 434 g/mol. The Labute approximate surface area is 194 Å². The third-order valence-electron chi connectivity index (χ3n) is 6.51. The minimum absolute atomic E-state index is 0.950. The normalized spacial score (nSPS) is 11.6. The van der Waals surface area contributed by atoms with Gasteiger partial charge in [0, 0.05) is 6.54 Å². The highest BCUT2D eigenvalue weighted by Crippen LogP contribution is 2.13. The molecule has 31 heavy (non-hydrogen) atoms. The van der Waals surface area contributed by atoms with Crippen LogP contribution in [0.5, 0.6) is 0 Å². The number of nitrogens with one attached hydrogen (secondary N) is 1. The maximum Gasteiger partial charge on any atom is 0.0964 e. The number of nitrogens with zero attached hydrogens (tertiary/aromatic N) is 3. The lowest BCUT2D eigenvalue weighted by atomic mass is 10.1. The van der Waals surface area contributed by atoms with Gasteiger partial charge in [-0.15, -0.1) is 0 Å². The molecule has 0 atom stereocenters. The standard InChI is InChI=1S/C27H54N4/c1-3-5-7-9-11-13-15-17-19-21-23-31(26-27-25-28-30-29-27)24-22-20-18-16-14-12-10-8-6-4-2/h25H,3-24,26H2,1-2H3,(H,28,29,30). The zero-order valence-corrected chi connectivity index (χ0v) is 21.2. The Morgan fingerprint density at radius 3 is 1.32 bits per heavy atom. The van der Waals surface area contributed by atoms with E-state index in [0.717, 1.165) is 12.2 Å². The second kappa shape index (κ2) is 22.3. The first-order valence-corrected chi connectivity index (χ1v) is 13.9. The zero-order chi connectivity index (χ0) is 22.2. The summed E-state index contributed by atoms with van der Waals surface area (Å²) >= 11 is 0. The summed E-state index contributed by atoms with van der Waals surface area (Å²) in [5.41, 5.74) is 1.08. The van der Waals surface area contributed by atoms with Gasteiger partial charge in [0.2, 0.25) is 0 Å². The number of hydrogen-bond donors (Lipinski definition) is 1. The Hall–Kier alpha value is -0.900. The van der Waals surface area contributed by atoms with Gasteiger partial charge >= 0.3 is 0 Å². The lowest BCUT2D eigenvalue weighted by molar-refractivity contribution is 0.249. The summed E-state index contributed by atoms with van der Waals surface area (Å²) in [6.45, 7) is 7.96. The van der Waals surface area contributed by atoms with Crippen molar-refractivity contribution in [2.45, 2.75) is 149 Å². The Morgan fingerprint density at radius 2 is 0.968 bits per heavy atom. The molecule has 0 aliphatic carbocycles. The van der Waals surface area contributed by atoms with Gasteiger partial charge in [-0.25, -0.2) is 0 Å². The molecule has 1 N–H and O–H groups in total. The summed E-state index contributed by atoms with van der Waals surface area (Å²) < 4.78 is 0. The van der Waals surface area contributed by atoms with Gasteiger partial charge in [0.05, 0.1) is 11.9 Å². The summed E-state index contributed by atoms with van der Waals surface area (Å²) in [5, 5.41) is 11.0. The van der Waals surface area contributed by atoms with Gasteiger partial charge in [-0.1, -0.05) is 129 Å². The van der Waals surface area contributed by atoms with Crippen molar-refractivity contribution in [2.75, 3.05) is 13.1 Å². The van der Waals surface area contributed by atoms with Crippen molar-refractivity contribution in [2.24, 2.45) is 0 Å². The summed E-state index contributed by atoms with van der Waals surface area (Å²) in [6.07, 6.45) is 30.0. The van der Waals surface area contributed by atoms with Crippen molar-refractivity contribution in [3.63, 3.8) is 0 Å². The number of rotatable bonds is 24. The van der Waals surface area contributed by atoms with Crippen LogP contribution in [0, 0.1) is 0 Å². The lowest BCUT2D eigenvalue weighted by Gasteiger charge is -2.21. The molecule has 182 valence electrons. The third kappa shape index (κ3) is 18.4. The highest BCUT2D eigenvalue weighted by Gasteiger charge is 2.08. The molecule has 4 heteroatoms. The molecule has 1 rings (SSSR count). The molecule has 0 amide bonds. The maximum atomic E-state index is 4.28. The molecule has 1 heterocycles. The largest absolute Gasteiger partial charge is 0.297 e. The first-order chi connectivity index (χ1) is 15.4. The maximum absolute atomic E-state index is 4.28. The second-order valence-corrected chi connectivity index (χ2v) is 9.60. The number of aromatic nitrogens is 3. The van der Waals surface area contributed by atoms with Crippen LogP contribution in [0.25, 0.3) is 0 Å². The fourth-order valence-electron chi connectivity index (χ4n) is 4.45. The van der Waals surface area contributed by atoms with Crippen molar-refractivity contribution < 1.29 is 0 Å². The minimum Gasteiger partial charge on any atom is -0.297 e. The summed E-state index contributed by atoms with van der Waals surface area (Å²) in [4.78, 5) is 2.60. The van der Waals surface area contributed by atoms with Crippen LogP contribution in [0.15, 0.2) is 6.20 Å². The number of aromatic amines is 1. The molecule has 0 aliphatic rings. The van der Waals surface area contributed by atoms with Gasteiger partial charge in [-0.3, -0.25) is 4.90 Å². The fraction of sp³-hybridized carbons (Fsp3) is 0.926. The molecule has 0 bridgehead atoms. The minimum atomic E-state index is 0.950. The van der Waals surface area contributed by atoms with Gasteiger partial charge < -0.3 is 0 Å². The molecule has 1 aromatic rings. The second-order valence-electron chi connectivity index (χ2n) is 9.60. The van der Waals surface area contributed by atoms with E-state index >= 15 is 0 Å². The van der Waals surface area contributed by atoms with Gasteiger partial charge in [0.1, 0.15) is 0 Å². The Balaban J connectivity index is 2.05. The molecule has 0 saturated carbocycles. The number of hydrogen-bond acceptors (Lipinski definition) is 3. The molecular formula is C27H54N4. The average molecular weight is 435 g/mol. The molecule has 0 fully saturated rings. The van der Waals surface area contributed by atoms with Crippen LogP contribution in [0.3, 0.4) is 0 Å². The fourth-order valence-corrected chi connectivity index (χ4v) is 4.45. The van der Waals surface area contributed by atoms with Crippen LogP contribution >= 0.6 is 0 Å². The molecule has 0 saturated heterocycles. The molecule has 0 spiro atoms. The van der Waals surface area contributed by atoms with Crippen molar-refractivity contribution in [3.8, 4) is 0 Å². The van der Waals surface area contributed by atoms with E-state index in [9.17, 15) is 0 Å². The highest BCUT2D eigenvalue weighted by molar-refractivity contribution is 4.90. The number of H-pyrrole nitrogens is 1. The van der Waals surface area contributed by atoms with E-state index in [0.29, 0.717) is 0 Å². The molecule has 0 aliphatic heterocycles. The highest BCUT2D eigenvalue weighted by atomic mass is 15.3. The molecular weight excluding hydrogens is 380 g/mol. The van der Waals surface area contributed by atoms with Crippen LogP contribution in [-0.4, -0.2) is 33.4 Å². The van der Waals surface area contributed by atoms with Gasteiger partial charge in [0.25, 0.3) is 0 Å². The predicted molar refractivity (Wildman–Crippen MR) is 135 cm³/mol. The first-order valence-electron chi connectivity index (χ1n) is 13.9. The van der Waals surface area contributed by atoms with Crippen LogP contribution in [0.2, 0.25) is 0 Å². The Bertz CT molecular complexity index is 422. The molecule has 4 nitrogen and oxygen atoms in total. The van der Waals surface area contributed by atoms with Crippen molar-refractivity contribution in [1.29, 1.82) is 0 Å². The third-order valence-corrected chi connectivity index (χ3v) is 6.51. The smallest absolute Gasteiger partial charge is 0.0964 e. The van der Waals surface area contributed by atoms with Gasteiger partial charge in [0.15, 0.2) is 0 Å². The van der Waals surface area contributed by atoms with Crippen molar-refractivity contribution in [1.82, 2.24) is 20.3 Å². The van der Waals surface area contributed by atoms with Crippen LogP contribution in [-0.2, 0) is 6.54 Å². The Kier molecular flexibility index (Phi) is 20.2. The van der Waals surface area contributed by atoms with Gasteiger partial charge in [-0.2, -0.15) is 15.4 Å². The topological polar surface area (TPSA) is 44.8 Å². The van der Waals surface area contributed by atoms with E-state index in [-0.39, 0.29) is 0 Å². The van der Waals surface area contributed by atoms with E-state index in [1.165, 1.54) is 142 Å². The Morgan fingerprint density at radius 1 is 0.581 bits per heavy atom.